The van der Waals surface area contributed by atoms with E-state index in [1.54, 1.807) is 0 Å². The Balaban J connectivity index is 1.63. The second-order valence-corrected chi connectivity index (χ2v) is 8.82. The van der Waals surface area contributed by atoms with Crippen LogP contribution in [0.25, 0.3) is 0 Å². The van der Waals surface area contributed by atoms with E-state index in [0.717, 1.165) is 24.3 Å². The standard InChI is InChI=1S/C15H23N3O4S/c1-11-8-14(22-16-11)13-4-3-6-18(13)15(19)9-17(2)12-5-7-23(20,21)10-12/h8,12-13H,3-7,9-10H2,1-2H3/t12-,13+/m0/s1. The minimum Gasteiger partial charge on any atom is -0.359 e. The zero-order valence-corrected chi connectivity index (χ0v) is 14.4. The van der Waals surface area contributed by atoms with Crippen LogP contribution in [0.1, 0.15) is 36.8 Å². The predicted octanol–water partition coefficient (Wildman–Crippen LogP) is 0.765. The first-order valence-corrected chi connectivity index (χ1v) is 9.81. The number of sulfone groups is 1. The molecule has 128 valence electrons. The van der Waals surface area contributed by atoms with Crippen LogP contribution in [0.2, 0.25) is 0 Å². The summed E-state index contributed by atoms with van der Waals surface area (Å²) in [7, 11) is -1.11. The molecule has 1 aromatic rings. The lowest BCUT2D eigenvalue weighted by atomic mass is 10.1. The molecule has 0 aromatic carbocycles. The third-order valence-corrected chi connectivity index (χ3v) is 6.51. The number of likely N-dealkylation sites (tertiary alicyclic amines) is 1. The molecule has 8 heteroatoms. The maximum atomic E-state index is 12.6. The van der Waals surface area contributed by atoms with Gasteiger partial charge in [0.1, 0.15) is 0 Å². The molecule has 3 heterocycles. The van der Waals surface area contributed by atoms with Crippen LogP contribution in [0.5, 0.6) is 0 Å². The maximum Gasteiger partial charge on any atom is 0.237 e. The number of hydrogen-bond acceptors (Lipinski definition) is 6. The summed E-state index contributed by atoms with van der Waals surface area (Å²) in [6.45, 7) is 2.81. The van der Waals surface area contributed by atoms with Crippen molar-refractivity contribution < 1.29 is 17.7 Å². The molecule has 2 atom stereocenters. The molecular formula is C15H23N3O4S. The predicted molar refractivity (Wildman–Crippen MR) is 84.6 cm³/mol. The van der Waals surface area contributed by atoms with Gasteiger partial charge in [-0.3, -0.25) is 9.69 Å². The Morgan fingerprint density at radius 3 is 2.87 bits per heavy atom. The van der Waals surface area contributed by atoms with Crippen LogP contribution < -0.4 is 0 Å². The lowest BCUT2D eigenvalue weighted by Crippen LogP contribution is -2.43. The Morgan fingerprint density at radius 1 is 1.48 bits per heavy atom. The van der Waals surface area contributed by atoms with E-state index in [1.807, 2.05) is 29.8 Å². The highest BCUT2D eigenvalue weighted by atomic mass is 32.2. The summed E-state index contributed by atoms with van der Waals surface area (Å²) in [5.41, 5.74) is 0.813. The van der Waals surface area contributed by atoms with Crippen LogP contribution in [-0.2, 0) is 14.6 Å². The Morgan fingerprint density at radius 2 is 2.26 bits per heavy atom. The number of amides is 1. The van der Waals surface area contributed by atoms with Crippen LogP contribution >= 0.6 is 0 Å². The first-order valence-electron chi connectivity index (χ1n) is 7.99. The molecule has 2 aliphatic rings. The molecule has 23 heavy (non-hydrogen) atoms. The average molecular weight is 341 g/mol. The topological polar surface area (TPSA) is 83.7 Å². The van der Waals surface area contributed by atoms with Gasteiger partial charge in [0.05, 0.1) is 29.8 Å². The van der Waals surface area contributed by atoms with Gasteiger partial charge in [-0.25, -0.2) is 8.42 Å². The summed E-state index contributed by atoms with van der Waals surface area (Å²) in [5, 5.41) is 3.90. The molecule has 2 saturated heterocycles. The van der Waals surface area contributed by atoms with Crippen LogP contribution in [-0.4, -0.2) is 67.0 Å². The monoisotopic (exact) mass is 341 g/mol. The zero-order valence-electron chi connectivity index (χ0n) is 13.6. The molecule has 0 radical (unpaired) electrons. The molecule has 0 N–H and O–H groups in total. The second kappa shape index (κ2) is 6.24. The second-order valence-electron chi connectivity index (χ2n) is 6.59. The van der Waals surface area contributed by atoms with Crippen LogP contribution in [0.4, 0.5) is 0 Å². The van der Waals surface area contributed by atoms with Crippen LogP contribution in [0, 0.1) is 6.92 Å². The number of hydrogen-bond donors (Lipinski definition) is 0. The van der Waals surface area contributed by atoms with Gasteiger partial charge in [0.15, 0.2) is 15.6 Å². The van der Waals surface area contributed by atoms with Crippen molar-refractivity contribution in [3.05, 3.63) is 17.5 Å². The highest BCUT2D eigenvalue weighted by Gasteiger charge is 2.35. The van der Waals surface area contributed by atoms with Gasteiger partial charge in [-0.2, -0.15) is 0 Å². The lowest BCUT2D eigenvalue weighted by molar-refractivity contribution is -0.133. The third-order valence-electron chi connectivity index (χ3n) is 4.76. The van der Waals surface area contributed by atoms with Crippen molar-refractivity contribution in [1.29, 1.82) is 0 Å². The molecule has 7 nitrogen and oxygen atoms in total. The quantitative estimate of drug-likeness (QED) is 0.804. The lowest BCUT2D eigenvalue weighted by Gasteiger charge is -2.28. The zero-order chi connectivity index (χ0) is 16.6. The molecule has 0 saturated carbocycles. The van der Waals surface area contributed by atoms with Gasteiger partial charge in [-0.1, -0.05) is 5.16 Å². The molecule has 0 unspecified atom stereocenters. The highest BCUT2D eigenvalue weighted by Crippen LogP contribution is 2.32. The van der Waals surface area contributed by atoms with Gasteiger partial charge in [-0.15, -0.1) is 0 Å². The van der Waals surface area contributed by atoms with Gasteiger partial charge in [0, 0.05) is 18.7 Å². The molecule has 1 amide bonds. The van der Waals surface area contributed by atoms with Crippen LogP contribution in [0.15, 0.2) is 10.6 Å². The van der Waals surface area contributed by atoms with E-state index in [4.69, 9.17) is 4.52 Å². The fourth-order valence-corrected chi connectivity index (χ4v) is 5.26. The summed E-state index contributed by atoms with van der Waals surface area (Å²) < 4.78 is 28.5. The smallest absolute Gasteiger partial charge is 0.237 e. The highest BCUT2D eigenvalue weighted by molar-refractivity contribution is 7.91. The van der Waals surface area contributed by atoms with Crippen molar-refractivity contribution >= 4 is 15.7 Å². The van der Waals surface area contributed by atoms with E-state index in [9.17, 15) is 13.2 Å². The van der Waals surface area contributed by atoms with Gasteiger partial charge in [0.25, 0.3) is 0 Å². The summed E-state index contributed by atoms with van der Waals surface area (Å²) in [6, 6.07) is 1.77. The summed E-state index contributed by atoms with van der Waals surface area (Å²) in [4.78, 5) is 16.3. The normalized spacial score (nSPS) is 27.0. The molecular weight excluding hydrogens is 318 g/mol. The van der Waals surface area contributed by atoms with Gasteiger partial charge in [0.2, 0.25) is 5.91 Å². The van der Waals surface area contributed by atoms with E-state index in [1.165, 1.54) is 0 Å². The minimum atomic E-state index is -2.94. The number of aromatic nitrogens is 1. The largest absolute Gasteiger partial charge is 0.359 e. The third kappa shape index (κ3) is 3.58. The van der Waals surface area contributed by atoms with E-state index < -0.39 is 9.84 Å². The van der Waals surface area contributed by atoms with Crippen molar-refractivity contribution in [1.82, 2.24) is 15.0 Å². The van der Waals surface area contributed by atoms with Crippen molar-refractivity contribution in [3.8, 4) is 0 Å². The van der Waals surface area contributed by atoms with Gasteiger partial charge >= 0.3 is 0 Å². The number of nitrogens with zero attached hydrogens (tertiary/aromatic N) is 3. The first-order chi connectivity index (χ1) is 10.9. The minimum absolute atomic E-state index is 0.0216. The molecule has 0 spiro atoms. The fraction of sp³-hybridized carbons (Fsp3) is 0.733. The summed E-state index contributed by atoms with van der Waals surface area (Å²) in [6.07, 6.45) is 2.43. The summed E-state index contributed by atoms with van der Waals surface area (Å²) >= 11 is 0. The number of carbonyl (C=O) groups excluding carboxylic acids is 1. The Bertz CT molecular complexity index is 685. The number of rotatable bonds is 4. The average Bonchev–Trinajstić information content (AvgIpc) is 3.17. The Hall–Kier alpha value is -1.41. The number of carbonyl (C=O) groups is 1. The molecule has 1 aromatic heterocycles. The molecule has 2 aliphatic heterocycles. The molecule has 0 bridgehead atoms. The summed E-state index contributed by atoms with van der Waals surface area (Å²) in [5.74, 6) is 1.13. The SMILES string of the molecule is Cc1cc([C@H]2CCCN2C(=O)CN(C)[C@H]2CCS(=O)(=O)C2)on1. The van der Waals surface area contributed by atoms with Crippen molar-refractivity contribution in [2.45, 2.75) is 38.3 Å². The van der Waals surface area contributed by atoms with Crippen molar-refractivity contribution in [2.75, 3.05) is 31.6 Å². The first kappa shape index (κ1) is 16.4. The maximum absolute atomic E-state index is 12.6. The van der Waals surface area contributed by atoms with E-state index in [0.29, 0.717) is 13.0 Å². The molecule has 2 fully saturated rings. The van der Waals surface area contributed by atoms with Crippen molar-refractivity contribution in [3.63, 3.8) is 0 Å². The van der Waals surface area contributed by atoms with E-state index >= 15 is 0 Å². The van der Waals surface area contributed by atoms with Crippen LogP contribution in [0.3, 0.4) is 0 Å². The number of aryl methyl sites for hydroxylation is 1. The van der Waals surface area contributed by atoms with Crippen molar-refractivity contribution in [2.24, 2.45) is 0 Å². The van der Waals surface area contributed by atoms with E-state index in [-0.39, 0.29) is 36.0 Å². The fourth-order valence-electron chi connectivity index (χ4n) is 3.46. The Kier molecular flexibility index (Phi) is 4.46. The van der Waals surface area contributed by atoms with Gasteiger partial charge in [-0.05, 0) is 33.2 Å². The van der Waals surface area contributed by atoms with E-state index in [2.05, 4.69) is 5.16 Å². The number of likely N-dealkylation sites (N-methyl/N-ethyl adjacent to an activating group) is 1. The molecule has 0 aliphatic carbocycles. The molecule has 3 rings (SSSR count). The Labute approximate surface area is 136 Å². The van der Waals surface area contributed by atoms with Gasteiger partial charge < -0.3 is 9.42 Å².